The van der Waals surface area contributed by atoms with Gasteiger partial charge in [-0.25, -0.2) is 0 Å². The fourth-order valence-electron chi connectivity index (χ4n) is 3.48. The number of aromatic nitrogens is 4. The summed E-state index contributed by atoms with van der Waals surface area (Å²) in [5.41, 5.74) is 2.95. The Kier molecular flexibility index (Phi) is 5.86. The van der Waals surface area contributed by atoms with Gasteiger partial charge in [-0.3, -0.25) is 19.1 Å². The highest BCUT2D eigenvalue weighted by molar-refractivity contribution is 7.99. The minimum atomic E-state index is -0.238. The van der Waals surface area contributed by atoms with E-state index in [-0.39, 0.29) is 24.1 Å². The van der Waals surface area contributed by atoms with Gasteiger partial charge in [0.05, 0.1) is 18.0 Å². The van der Waals surface area contributed by atoms with E-state index in [0.29, 0.717) is 34.5 Å². The number of amides is 1. The van der Waals surface area contributed by atoms with E-state index in [9.17, 15) is 9.59 Å². The molecule has 0 unspecified atom stereocenters. The molecular formula is C24H19N5O3S. The SMILES string of the molecule is O=C1COc2ccc(C(=O)CSc3nnc(-c4cccnc4)n3Cc3ccccc3)cc2N1. The fraction of sp³-hybridized carbons (Fsp3) is 0.125. The highest BCUT2D eigenvalue weighted by Gasteiger charge is 2.20. The summed E-state index contributed by atoms with van der Waals surface area (Å²) in [4.78, 5) is 28.7. The molecular weight excluding hydrogens is 438 g/mol. The quantitative estimate of drug-likeness (QED) is 0.334. The second kappa shape index (κ2) is 9.25. The van der Waals surface area contributed by atoms with E-state index in [4.69, 9.17) is 4.74 Å². The number of ether oxygens (including phenoxy) is 1. The largest absolute Gasteiger partial charge is 0.482 e. The maximum Gasteiger partial charge on any atom is 0.262 e. The maximum atomic E-state index is 12.9. The van der Waals surface area contributed by atoms with Crippen LogP contribution in [0.1, 0.15) is 15.9 Å². The second-order valence-corrected chi connectivity index (χ2v) is 8.32. The number of carbonyl (C=O) groups excluding carboxylic acids is 2. The van der Waals surface area contributed by atoms with Gasteiger partial charge in [-0.2, -0.15) is 0 Å². The minimum absolute atomic E-state index is 0.0213. The summed E-state index contributed by atoms with van der Waals surface area (Å²) >= 11 is 1.32. The standard InChI is InChI=1S/C24H19N5O3S/c30-20(17-8-9-21-19(11-17)26-22(31)14-32-21)15-33-24-28-27-23(18-7-4-10-25-12-18)29(24)13-16-5-2-1-3-6-16/h1-12H,13-15H2,(H,26,31). The molecule has 0 spiro atoms. The third-order valence-electron chi connectivity index (χ3n) is 5.09. The van der Waals surface area contributed by atoms with Gasteiger partial charge in [0.1, 0.15) is 5.75 Å². The van der Waals surface area contributed by atoms with Crippen LogP contribution in [0.2, 0.25) is 0 Å². The molecule has 0 bridgehead atoms. The summed E-state index contributed by atoms with van der Waals surface area (Å²) in [6.07, 6.45) is 3.45. The monoisotopic (exact) mass is 457 g/mol. The number of nitrogens with zero attached hydrogens (tertiary/aromatic N) is 4. The summed E-state index contributed by atoms with van der Waals surface area (Å²) < 4.78 is 7.35. The second-order valence-electron chi connectivity index (χ2n) is 7.38. The number of ketones is 1. The van der Waals surface area contributed by atoms with Crippen LogP contribution in [-0.4, -0.2) is 43.8 Å². The van der Waals surface area contributed by atoms with E-state index >= 15 is 0 Å². The van der Waals surface area contributed by atoms with Crippen LogP contribution in [-0.2, 0) is 11.3 Å². The molecule has 0 saturated heterocycles. The first kappa shape index (κ1) is 20.9. The van der Waals surface area contributed by atoms with E-state index in [1.807, 2.05) is 47.0 Å². The molecule has 0 radical (unpaired) electrons. The molecule has 3 heterocycles. The predicted molar refractivity (Wildman–Crippen MR) is 124 cm³/mol. The van der Waals surface area contributed by atoms with Crippen molar-refractivity contribution in [3.63, 3.8) is 0 Å². The van der Waals surface area contributed by atoms with Crippen molar-refractivity contribution in [2.75, 3.05) is 17.7 Å². The zero-order valence-corrected chi connectivity index (χ0v) is 18.3. The average Bonchev–Trinajstić information content (AvgIpc) is 3.25. The number of Topliss-reactive ketones (excluding diaryl/α,β-unsaturated/α-hetero) is 1. The van der Waals surface area contributed by atoms with Gasteiger partial charge in [-0.15, -0.1) is 10.2 Å². The van der Waals surface area contributed by atoms with Crippen molar-refractivity contribution in [1.82, 2.24) is 19.7 Å². The summed E-state index contributed by atoms with van der Waals surface area (Å²) in [5, 5.41) is 12.1. The molecule has 4 aromatic rings. The van der Waals surface area contributed by atoms with E-state index in [0.717, 1.165) is 11.1 Å². The molecule has 2 aromatic carbocycles. The van der Waals surface area contributed by atoms with Crippen LogP contribution in [0, 0.1) is 0 Å². The Hall–Kier alpha value is -3.98. The third kappa shape index (κ3) is 4.63. The van der Waals surface area contributed by atoms with Gasteiger partial charge in [-0.05, 0) is 35.9 Å². The molecule has 8 nitrogen and oxygen atoms in total. The van der Waals surface area contributed by atoms with E-state index < -0.39 is 0 Å². The smallest absolute Gasteiger partial charge is 0.262 e. The number of hydrogen-bond donors (Lipinski definition) is 1. The van der Waals surface area contributed by atoms with Crippen molar-refractivity contribution in [2.24, 2.45) is 0 Å². The van der Waals surface area contributed by atoms with Crippen molar-refractivity contribution in [3.8, 4) is 17.1 Å². The van der Waals surface area contributed by atoms with Crippen LogP contribution in [0.15, 0.2) is 78.2 Å². The highest BCUT2D eigenvalue weighted by atomic mass is 32.2. The number of anilines is 1. The number of pyridine rings is 1. The van der Waals surface area contributed by atoms with E-state index in [1.165, 1.54) is 11.8 Å². The van der Waals surface area contributed by atoms with Crippen molar-refractivity contribution in [1.29, 1.82) is 0 Å². The molecule has 164 valence electrons. The number of carbonyl (C=O) groups is 2. The molecule has 1 N–H and O–H groups in total. The lowest BCUT2D eigenvalue weighted by atomic mass is 10.1. The van der Waals surface area contributed by atoms with Crippen LogP contribution in [0.25, 0.3) is 11.4 Å². The zero-order valence-electron chi connectivity index (χ0n) is 17.5. The Labute approximate surface area is 194 Å². The number of fused-ring (bicyclic) bond motifs is 1. The minimum Gasteiger partial charge on any atom is -0.482 e. The molecule has 0 atom stereocenters. The highest BCUT2D eigenvalue weighted by Crippen LogP contribution is 2.30. The van der Waals surface area contributed by atoms with Crippen molar-refractivity contribution >= 4 is 29.1 Å². The number of hydrogen-bond acceptors (Lipinski definition) is 7. The van der Waals surface area contributed by atoms with Crippen LogP contribution in [0.3, 0.4) is 0 Å². The van der Waals surface area contributed by atoms with Gasteiger partial charge in [0.25, 0.3) is 5.91 Å². The molecule has 5 rings (SSSR count). The number of rotatable bonds is 7. The Morgan fingerprint density at radius 1 is 1.09 bits per heavy atom. The van der Waals surface area contributed by atoms with Gasteiger partial charge in [0.2, 0.25) is 0 Å². The number of benzene rings is 2. The lowest BCUT2D eigenvalue weighted by Gasteiger charge is -2.18. The molecule has 0 fully saturated rings. The normalized spacial score (nSPS) is 12.5. The molecule has 1 amide bonds. The lowest BCUT2D eigenvalue weighted by molar-refractivity contribution is -0.118. The first-order valence-electron chi connectivity index (χ1n) is 10.3. The Morgan fingerprint density at radius 3 is 2.79 bits per heavy atom. The maximum absolute atomic E-state index is 12.9. The Morgan fingerprint density at radius 2 is 1.97 bits per heavy atom. The lowest BCUT2D eigenvalue weighted by Crippen LogP contribution is -2.25. The van der Waals surface area contributed by atoms with Crippen LogP contribution in [0.4, 0.5) is 5.69 Å². The fourth-order valence-corrected chi connectivity index (χ4v) is 4.31. The van der Waals surface area contributed by atoms with Crippen molar-refractivity contribution < 1.29 is 14.3 Å². The molecule has 9 heteroatoms. The molecule has 0 saturated carbocycles. The van der Waals surface area contributed by atoms with Crippen molar-refractivity contribution in [2.45, 2.75) is 11.7 Å². The van der Waals surface area contributed by atoms with Crippen LogP contribution >= 0.6 is 11.8 Å². The van der Waals surface area contributed by atoms with Gasteiger partial charge in [0, 0.05) is 23.5 Å². The van der Waals surface area contributed by atoms with Gasteiger partial charge in [-0.1, -0.05) is 42.1 Å². The van der Waals surface area contributed by atoms with E-state index in [2.05, 4.69) is 20.5 Å². The summed E-state index contributed by atoms with van der Waals surface area (Å²) in [7, 11) is 0. The zero-order chi connectivity index (χ0) is 22.6. The summed E-state index contributed by atoms with van der Waals surface area (Å²) in [6.45, 7) is 0.545. The summed E-state index contributed by atoms with van der Waals surface area (Å²) in [6, 6.07) is 18.8. The molecule has 1 aliphatic rings. The van der Waals surface area contributed by atoms with Gasteiger partial charge in [0.15, 0.2) is 23.4 Å². The topological polar surface area (TPSA) is 99.0 Å². The summed E-state index contributed by atoms with van der Waals surface area (Å²) in [5.74, 6) is 1.10. The third-order valence-corrected chi connectivity index (χ3v) is 6.05. The van der Waals surface area contributed by atoms with E-state index in [1.54, 1.807) is 30.6 Å². The van der Waals surface area contributed by atoms with Gasteiger partial charge < -0.3 is 10.1 Å². The molecule has 0 aliphatic carbocycles. The van der Waals surface area contributed by atoms with Crippen LogP contribution < -0.4 is 10.1 Å². The average molecular weight is 458 g/mol. The molecule has 2 aromatic heterocycles. The number of thioether (sulfide) groups is 1. The predicted octanol–water partition coefficient (Wildman–Crippen LogP) is 3.69. The first-order valence-corrected chi connectivity index (χ1v) is 11.3. The Balaban J connectivity index is 1.38. The Bertz CT molecular complexity index is 1310. The van der Waals surface area contributed by atoms with Gasteiger partial charge >= 0.3 is 0 Å². The molecule has 33 heavy (non-hydrogen) atoms. The molecule has 1 aliphatic heterocycles. The first-order chi connectivity index (χ1) is 16.2. The van der Waals surface area contributed by atoms with Crippen molar-refractivity contribution in [3.05, 3.63) is 84.2 Å². The number of nitrogens with one attached hydrogen (secondary N) is 1. The van der Waals surface area contributed by atoms with Crippen LogP contribution in [0.5, 0.6) is 5.75 Å².